The third kappa shape index (κ3) is 4.51. The van der Waals surface area contributed by atoms with Crippen LogP contribution in [0.15, 0.2) is 36.5 Å². The number of nitrogens with zero attached hydrogens (tertiary/aromatic N) is 3. The van der Waals surface area contributed by atoms with Crippen molar-refractivity contribution in [1.29, 1.82) is 0 Å². The van der Waals surface area contributed by atoms with E-state index in [2.05, 4.69) is 15.2 Å². The Morgan fingerprint density at radius 1 is 1.30 bits per heavy atom. The molecule has 0 bridgehead atoms. The lowest BCUT2D eigenvalue weighted by atomic mass is 10.1. The molecule has 1 atom stereocenters. The number of anilines is 2. The van der Waals surface area contributed by atoms with Crippen LogP contribution in [-0.4, -0.2) is 60.8 Å². The molecule has 3 heterocycles. The number of rotatable bonds is 5. The number of hydrogen-bond donors (Lipinski definition) is 1. The first-order chi connectivity index (χ1) is 14.5. The number of cyclic esters (lactones) is 1. The van der Waals surface area contributed by atoms with Gasteiger partial charge in [-0.1, -0.05) is 0 Å². The van der Waals surface area contributed by atoms with E-state index >= 15 is 0 Å². The Kier molecular flexibility index (Phi) is 6.08. The molecular formula is C21H23FN4O3S. The van der Waals surface area contributed by atoms with Crippen LogP contribution < -0.4 is 15.1 Å². The number of hydrogen-bond acceptors (Lipinski definition) is 6. The Bertz CT molecular complexity index is 934. The third-order valence-corrected chi connectivity index (χ3v) is 6.05. The van der Waals surface area contributed by atoms with Gasteiger partial charge < -0.3 is 15.0 Å². The Morgan fingerprint density at radius 2 is 2.10 bits per heavy atom. The highest BCUT2D eigenvalue weighted by atomic mass is 32.2. The third-order valence-electron chi connectivity index (χ3n) is 5.11. The summed E-state index contributed by atoms with van der Waals surface area (Å²) in [5.74, 6) is 2.45. The van der Waals surface area contributed by atoms with Gasteiger partial charge in [-0.2, -0.15) is 11.8 Å². The number of pyridine rings is 1. The Balaban J connectivity index is 1.47. The van der Waals surface area contributed by atoms with Gasteiger partial charge in [0.1, 0.15) is 17.7 Å². The molecule has 7 nitrogen and oxygen atoms in total. The zero-order valence-corrected chi connectivity index (χ0v) is 17.5. The molecule has 2 aliphatic heterocycles. The number of carbonyl (C=O) groups excluding carboxylic acids is 2. The van der Waals surface area contributed by atoms with Gasteiger partial charge in [0.05, 0.1) is 18.8 Å². The second kappa shape index (κ2) is 8.91. The van der Waals surface area contributed by atoms with Gasteiger partial charge in [-0.15, -0.1) is 0 Å². The van der Waals surface area contributed by atoms with Crippen LogP contribution in [0.5, 0.6) is 0 Å². The van der Waals surface area contributed by atoms with Crippen LogP contribution in [0.4, 0.5) is 20.7 Å². The number of halogens is 1. The number of benzene rings is 1. The summed E-state index contributed by atoms with van der Waals surface area (Å²) in [5, 5.41) is 2.62. The van der Waals surface area contributed by atoms with Crippen molar-refractivity contribution in [2.45, 2.75) is 13.0 Å². The van der Waals surface area contributed by atoms with Gasteiger partial charge in [-0.05, 0) is 30.3 Å². The smallest absolute Gasteiger partial charge is 0.414 e. The molecule has 9 heteroatoms. The molecule has 1 aromatic heterocycles. The summed E-state index contributed by atoms with van der Waals surface area (Å²) in [6.45, 7) is 3.81. The van der Waals surface area contributed by atoms with Crippen LogP contribution >= 0.6 is 11.8 Å². The van der Waals surface area contributed by atoms with Crippen LogP contribution in [0.3, 0.4) is 0 Å². The topological polar surface area (TPSA) is 74.8 Å². The van der Waals surface area contributed by atoms with Crippen LogP contribution in [-0.2, 0) is 9.53 Å². The average molecular weight is 431 g/mol. The molecule has 30 heavy (non-hydrogen) atoms. The van der Waals surface area contributed by atoms with Crippen molar-refractivity contribution in [3.8, 4) is 11.1 Å². The molecule has 0 radical (unpaired) electrons. The maximum atomic E-state index is 14.8. The molecule has 2 aromatic rings. The summed E-state index contributed by atoms with van der Waals surface area (Å²) in [6.07, 6.45) is 0.667. The zero-order chi connectivity index (χ0) is 21.1. The number of ether oxygens (including phenoxy) is 1. The second-order valence-corrected chi connectivity index (χ2v) is 8.45. The highest BCUT2D eigenvalue weighted by Gasteiger charge is 2.32. The van der Waals surface area contributed by atoms with E-state index in [1.807, 2.05) is 23.9 Å². The van der Waals surface area contributed by atoms with E-state index in [1.165, 1.54) is 17.9 Å². The molecule has 0 aliphatic carbocycles. The van der Waals surface area contributed by atoms with Gasteiger partial charge in [0.15, 0.2) is 0 Å². The van der Waals surface area contributed by atoms with Crippen molar-refractivity contribution in [2.75, 3.05) is 47.5 Å². The molecule has 2 saturated heterocycles. The fourth-order valence-corrected chi connectivity index (χ4v) is 4.43. The lowest BCUT2D eigenvalue weighted by Gasteiger charge is -2.27. The molecule has 2 amide bonds. The molecule has 2 aliphatic rings. The molecule has 1 aromatic carbocycles. The Hall–Kier alpha value is -2.81. The standard InChI is InChI=1S/C21H23FN4O3S/c1-14(27)23-12-17-13-26(21(28)29-17)16-3-4-18(19(22)10-16)15-2-5-20(24-11-15)25-6-8-30-9-7-25/h2-5,10-11,17H,6-9,12-13H2,1H3,(H,23,27)/t17-/m0/s1. The first-order valence-electron chi connectivity index (χ1n) is 9.82. The van der Waals surface area contributed by atoms with E-state index in [-0.39, 0.29) is 19.0 Å². The highest BCUT2D eigenvalue weighted by molar-refractivity contribution is 7.99. The minimum absolute atomic E-state index is 0.196. The maximum absolute atomic E-state index is 14.8. The summed E-state index contributed by atoms with van der Waals surface area (Å²) in [6, 6.07) is 8.45. The predicted octanol–water partition coefficient (Wildman–Crippen LogP) is 2.90. The number of aromatic nitrogens is 1. The van der Waals surface area contributed by atoms with Crippen molar-refractivity contribution in [1.82, 2.24) is 10.3 Å². The maximum Gasteiger partial charge on any atom is 0.414 e. The van der Waals surface area contributed by atoms with E-state index in [9.17, 15) is 14.0 Å². The van der Waals surface area contributed by atoms with Crippen molar-refractivity contribution in [3.63, 3.8) is 0 Å². The van der Waals surface area contributed by atoms with Crippen LogP contribution in [0, 0.1) is 5.82 Å². The largest absolute Gasteiger partial charge is 0.442 e. The molecule has 0 spiro atoms. The van der Waals surface area contributed by atoms with Crippen molar-refractivity contribution >= 4 is 35.3 Å². The van der Waals surface area contributed by atoms with Crippen molar-refractivity contribution < 1.29 is 18.7 Å². The van der Waals surface area contributed by atoms with Crippen LogP contribution in [0.1, 0.15) is 6.92 Å². The molecule has 0 saturated carbocycles. The van der Waals surface area contributed by atoms with E-state index in [0.717, 1.165) is 30.4 Å². The minimum Gasteiger partial charge on any atom is -0.442 e. The van der Waals surface area contributed by atoms with E-state index in [0.29, 0.717) is 16.8 Å². The van der Waals surface area contributed by atoms with Crippen LogP contribution in [0.25, 0.3) is 11.1 Å². The van der Waals surface area contributed by atoms with Crippen molar-refractivity contribution in [3.05, 3.63) is 42.3 Å². The molecule has 2 fully saturated rings. The van der Waals surface area contributed by atoms with Gasteiger partial charge >= 0.3 is 6.09 Å². The van der Waals surface area contributed by atoms with E-state index in [1.54, 1.807) is 18.3 Å². The van der Waals surface area contributed by atoms with Crippen LogP contribution in [0.2, 0.25) is 0 Å². The first kappa shape index (κ1) is 20.5. The van der Waals surface area contributed by atoms with Gasteiger partial charge in [0, 0.05) is 48.8 Å². The normalized spacial score (nSPS) is 19.0. The minimum atomic E-state index is -0.553. The van der Waals surface area contributed by atoms with Gasteiger partial charge in [-0.3, -0.25) is 9.69 Å². The quantitative estimate of drug-likeness (QED) is 0.786. The van der Waals surface area contributed by atoms with Gasteiger partial charge in [-0.25, -0.2) is 14.2 Å². The predicted molar refractivity (Wildman–Crippen MR) is 115 cm³/mol. The van der Waals surface area contributed by atoms with Gasteiger partial charge in [0.25, 0.3) is 0 Å². The Labute approximate surface area is 178 Å². The molecule has 158 valence electrons. The summed E-state index contributed by atoms with van der Waals surface area (Å²) in [7, 11) is 0. The van der Waals surface area contributed by atoms with E-state index in [4.69, 9.17) is 4.74 Å². The number of thioether (sulfide) groups is 1. The Morgan fingerprint density at radius 3 is 2.77 bits per heavy atom. The molecule has 0 unspecified atom stereocenters. The fraction of sp³-hybridized carbons (Fsp3) is 0.381. The number of nitrogens with one attached hydrogen (secondary N) is 1. The SMILES string of the molecule is CC(=O)NC[C@H]1CN(c2ccc(-c3ccc(N4CCSCC4)nc3)c(F)c2)C(=O)O1. The van der Waals surface area contributed by atoms with Crippen molar-refractivity contribution in [2.24, 2.45) is 0 Å². The number of amides is 2. The fourth-order valence-electron chi connectivity index (χ4n) is 3.53. The summed E-state index contributed by atoms with van der Waals surface area (Å²) < 4.78 is 20.1. The monoisotopic (exact) mass is 430 g/mol. The summed E-state index contributed by atoms with van der Waals surface area (Å²) in [4.78, 5) is 31.3. The van der Waals surface area contributed by atoms with Gasteiger partial charge in [0.2, 0.25) is 5.91 Å². The molecule has 4 rings (SSSR count). The van der Waals surface area contributed by atoms with E-state index < -0.39 is 18.0 Å². The molecular weight excluding hydrogens is 407 g/mol. The summed E-state index contributed by atoms with van der Waals surface area (Å²) >= 11 is 1.94. The lowest BCUT2D eigenvalue weighted by Crippen LogP contribution is -2.33. The summed E-state index contributed by atoms with van der Waals surface area (Å²) in [5.41, 5.74) is 1.53. The second-order valence-electron chi connectivity index (χ2n) is 7.22. The lowest BCUT2D eigenvalue weighted by molar-refractivity contribution is -0.119. The zero-order valence-electron chi connectivity index (χ0n) is 16.6. The first-order valence-corrected chi connectivity index (χ1v) is 11.0. The number of carbonyl (C=O) groups is 2. The molecule has 1 N–H and O–H groups in total. The average Bonchev–Trinajstić information content (AvgIpc) is 3.13. The highest BCUT2D eigenvalue weighted by Crippen LogP contribution is 2.29.